The molecule has 0 aromatic rings. The van der Waals surface area contributed by atoms with Gasteiger partial charge in [-0.2, -0.15) is 0 Å². The lowest BCUT2D eigenvalue weighted by Crippen LogP contribution is -2.40. The first-order chi connectivity index (χ1) is 8.42. The van der Waals surface area contributed by atoms with Crippen molar-refractivity contribution in [3.8, 4) is 0 Å². The fourth-order valence-electron chi connectivity index (χ4n) is 4.45. The molecule has 1 unspecified atom stereocenters. The zero-order valence-corrected chi connectivity index (χ0v) is 11.2. The molecule has 6 atom stereocenters. The summed E-state index contributed by atoms with van der Waals surface area (Å²) < 4.78 is 5.59. The van der Waals surface area contributed by atoms with Gasteiger partial charge in [0.2, 0.25) is 0 Å². The molecule has 0 aromatic heterocycles. The zero-order valence-electron chi connectivity index (χ0n) is 11.2. The van der Waals surface area contributed by atoms with E-state index in [1.54, 1.807) is 0 Å². The summed E-state index contributed by atoms with van der Waals surface area (Å²) in [7, 11) is 0. The van der Waals surface area contributed by atoms with Crippen molar-refractivity contribution >= 4 is 5.97 Å². The maximum Gasteiger partial charge on any atom is 0.334 e. The molecule has 100 valence electrons. The number of fused-ring (bicyclic) bond motifs is 3. The summed E-state index contributed by atoms with van der Waals surface area (Å²) in [5, 5.41) is 10.7. The van der Waals surface area contributed by atoms with Gasteiger partial charge in [-0.3, -0.25) is 0 Å². The Labute approximate surface area is 108 Å². The van der Waals surface area contributed by atoms with Crippen molar-refractivity contribution in [2.24, 2.45) is 23.7 Å². The van der Waals surface area contributed by atoms with Crippen LogP contribution in [0.4, 0.5) is 0 Å². The van der Waals surface area contributed by atoms with Gasteiger partial charge in [-0.1, -0.05) is 13.5 Å². The molecule has 3 rings (SSSR count). The van der Waals surface area contributed by atoms with Crippen molar-refractivity contribution in [2.75, 3.05) is 0 Å². The summed E-state index contributed by atoms with van der Waals surface area (Å²) in [6.45, 7) is 8.07. The van der Waals surface area contributed by atoms with Crippen LogP contribution in [0.2, 0.25) is 0 Å². The Balaban J connectivity index is 1.99. The highest BCUT2D eigenvalue weighted by atomic mass is 16.6. The number of aliphatic hydroxyl groups is 1. The van der Waals surface area contributed by atoms with Gasteiger partial charge in [-0.15, -0.1) is 0 Å². The summed E-state index contributed by atoms with van der Waals surface area (Å²) >= 11 is 0. The Morgan fingerprint density at radius 1 is 1.39 bits per heavy atom. The molecule has 1 N–H and O–H groups in total. The van der Waals surface area contributed by atoms with Crippen molar-refractivity contribution in [3.63, 3.8) is 0 Å². The summed E-state index contributed by atoms with van der Waals surface area (Å²) in [4.78, 5) is 11.7. The van der Waals surface area contributed by atoms with E-state index in [0.717, 1.165) is 25.7 Å². The third-order valence-corrected chi connectivity index (χ3v) is 5.54. The molecule has 3 nitrogen and oxygen atoms in total. The van der Waals surface area contributed by atoms with Gasteiger partial charge in [0.05, 0.1) is 5.60 Å². The normalized spacial score (nSPS) is 51.6. The molecule has 3 fully saturated rings. The molecule has 0 bridgehead atoms. The monoisotopic (exact) mass is 250 g/mol. The van der Waals surface area contributed by atoms with Gasteiger partial charge in [-0.05, 0) is 44.4 Å². The number of carbonyl (C=O) groups is 1. The number of hydrogen-bond donors (Lipinski definition) is 1. The molecule has 1 heterocycles. The van der Waals surface area contributed by atoms with E-state index in [1.165, 1.54) is 0 Å². The van der Waals surface area contributed by atoms with E-state index < -0.39 is 5.60 Å². The van der Waals surface area contributed by atoms with Gasteiger partial charge in [-0.25, -0.2) is 4.79 Å². The number of carbonyl (C=O) groups excluding carboxylic acids is 1. The molecule has 18 heavy (non-hydrogen) atoms. The second-order valence-corrected chi connectivity index (χ2v) is 6.64. The third kappa shape index (κ3) is 1.56. The zero-order chi connectivity index (χ0) is 13.1. The Kier molecular flexibility index (Phi) is 2.60. The van der Waals surface area contributed by atoms with E-state index in [4.69, 9.17) is 4.74 Å². The van der Waals surface area contributed by atoms with Crippen molar-refractivity contribution in [1.82, 2.24) is 0 Å². The van der Waals surface area contributed by atoms with E-state index in [-0.39, 0.29) is 23.9 Å². The van der Waals surface area contributed by atoms with Crippen molar-refractivity contribution in [3.05, 3.63) is 12.2 Å². The highest BCUT2D eigenvalue weighted by Crippen LogP contribution is 2.53. The van der Waals surface area contributed by atoms with E-state index in [2.05, 4.69) is 13.5 Å². The summed E-state index contributed by atoms with van der Waals surface area (Å²) in [5.74, 6) is 0.992. The smallest absolute Gasteiger partial charge is 0.334 e. The van der Waals surface area contributed by atoms with Crippen molar-refractivity contribution in [1.29, 1.82) is 0 Å². The minimum absolute atomic E-state index is 0.0403. The van der Waals surface area contributed by atoms with Crippen LogP contribution in [0.5, 0.6) is 0 Å². The van der Waals surface area contributed by atoms with Gasteiger partial charge < -0.3 is 9.84 Å². The van der Waals surface area contributed by atoms with E-state index >= 15 is 0 Å². The van der Waals surface area contributed by atoms with Gasteiger partial charge in [0.15, 0.2) is 0 Å². The maximum atomic E-state index is 11.7. The average molecular weight is 250 g/mol. The molecule has 0 amide bonds. The molecule has 0 spiro atoms. The Hall–Kier alpha value is -0.830. The molecule has 1 saturated heterocycles. The molecule has 2 saturated carbocycles. The van der Waals surface area contributed by atoms with Crippen LogP contribution in [0.15, 0.2) is 12.2 Å². The van der Waals surface area contributed by atoms with E-state index in [1.807, 2.05) is 6.92 Å². The first-order valence-corrected chi connectivity index (χ1v) is 7.04. The predicted octanol–water partition coefficient (Wildman–Crippen LogP) is 2.29. The van der Waals surface area contributed by atoms with Crippen LogP contribution >= 0.6 is 0 Å². The number of esters is 1. The Morgan fingerprint density at radius 2 is 2.11 bits per heavy atom. The lowest BCUT2D eigenvalue weighted by molar-refractivity contribution is -0.144. The van der Waals surface area contributed by atoms with Crippen molar-refractivity contribution < 1.29 is 14.6 Å². The largest absolute Gasteiger partial charge is 0.458 e. The van der Waals surface area contributed by atoms with Crippen LogP contribution in [-0.2, 0) is 9.53 Å². The molecular weight excluding hydrogens is 228 g/mol. The van der Waals surface area contributed by atoms with Crippen LogP contribution in [0, 0.1) is 23.7 Å². The Bertz CT molecular complexity index is 399. The molecule has 0 aromatic carbocycles. The van der Waals surface area contributed by atoms with Gasteiger partial charge in [0.1, 0.15) is 6.10 Å². The molecule has 0 radical (unpaired) electrons. The minimum Gasteiger partial charge on any atom is -0.458 e. The first kappa shape index (κ1) is 12.2. The molecular formula is C15H22O3. The number of rotatable bonds is 0. The second kappa shape index (κ2) is 3.83. The fraction of sp³-hybridized carbons (Fsp3) is 0.800. The quantitative estimate of drug-likeness (QED) is 0.530. The standard InChI is InChI=1S/C15H22O3/c1-8-4-5-11-12(8)13-10(6-7-15(11,3)17)9(2)14(16)18-13/h8,10-13,17H,2,4-7H2,1,3H3/t8-,10-,11?,12-,13-,15+/m0/s1. The SMILES string of the molecule is C=C1C(=O)O[C@@H]2[C@@H]3C(CC[C@@H]3C)[C@](C)(O)CC[C@@H]12. The summed E-state index contributed by atoms with van der Waals surface area (Å²) in [5.41, 5.74) is 0.00228. The fourth-order valence-corrected chi connectivity index (χ4v) is 4.45. The molecule has 3 heteroatoms. The van der Waals surface area contributed by atoms with Gasteiger partial charge >= 0.3 is 5.97 Å². The lowest BCUT2D eigenvalue weighted by atomic mass is 9.76. The number of hydrogen-bond acceptors (Lipinski definition) is 3. The maximum absolute atomic E-state index is 11.7. The predicted molar refractivity (Wildman–Crippen MR) is 67.7 cm³/mol. The van der Waals surface area contributed by atoms with Crippen LogP contribution in [0.1, 0.15) is 39.5 Å². The minimum atomic E-state index is -0.619. The third-order valence-electron chi connectivity index (χ3n) is 5.54. The lowest BCUT2D eigenvalue weighted by Gasteiger charge is -2.35. The van der Waals surface area contributed by atoms with Crippen LogP contribution in [-0.4, -0.2) is 22.8 Å². The first-order valence-electron chi connectivity index (χ1n) is 7.04. The van der Waals surface area contributed by atoms with Crippen molar-refractivity contribution in [2.45, 2.75) is 51.2 Å². The van der Waals surface area contributed by atoms with Crippen LogP contribution < -0.4 is 0 Å². The van der Waals surface area contributed by atoms with E-state index in [0.29, 0.717) is 17.4 Å². The van der Waals surface area contributed by atoms with Gasteiger partial charge in [0, 0.05) is 17.4 Å². The van der Waals surface area contributed by atoms with Crippen LogP contribution in [0.25, 0.3) is 0 Å². The topological polar surface area (TPSA) is 46.5 Å². The highest BCUT2D eigenvalue weighted by molar-refractivity contribution is 5.90. The van der Waals surface area contributed by atoms with E-state index in [9.17, 15) is 9.90 Å². The number of ether oxygens (including phenoxy) is 1. The summed E-state index contributed by atoms with van der Waals surface area (Å²) in [6, 6.07) is 0. The Morgan fingerprint density at radius 3 is 2.83 bits per heavy atom. The molecule has 1 aliphatic heterocycles. The molecule has 3 aliphatic rings. The van der Waals surface area contributed by atoms with Gasteiger partial charge in [0.25, 0.3) is 0 Å². The highest BCUT2D eigenvalue weighted by Gasteiger charge is 2.56. The van der Waals surface area contributed by atoms with Crippen LogP contribution in [0.3, 0.4) is 0 Å². The summed E-state index contributed by atoms with van der Waals surface area (Å²) in [6.07, 6.45) is 3.70. The average Bonchev–Trinajstić information content (AvgIpc) is 2.76. The molecule has 2 aliphatic carbocycles. The second-order valence-electron chi connectivity index (χ2n) is 6.64.